The van der Waals surface area contributed by atoms with Gasteiger partial charge in [-0.25, -0.2) is 0 Å². The van der Waals surface area contributed by atoms with E-state index < -0.39 is 187 Å². The Hall–Kier alpha value is -1.04. The molecule has 0 aliphatic carbocycles. The highest BCUT2D eigenvalue weighted by molar-refractivity contribution is 4.98. The van der Waals surface area contributed by atoms with E-state index >= 15 is 0 Å². The van der Waals surface area contributed by atoms with Gasteiger partial charge < -0.3 is 129 Å². The van der Waals surface area contributed by atoms with Crippen LogP contribution in [0.3, 0.4) is 0 Å². The fraction of sp³-hybridized carbons (Fsp3) is 1.00. The Balaban J connectivity index is 1.34. The van der Waals surface area contributed by atoms with E-state index in [0.29, 0.717) is 0 Å². The summed E-state index contributed by atoms with van der Waals surface area (Å²) in [5, 5.41) is 176. The first-order valence-corrected chi connectivity index (χ1v) is 17.6. The normalized spacial score (nSPS) is 53.2. The lowest BCUT2D eigenvalue weighted by Gasteiger charge is -2.49. The Morgan fingerprint density at radius 3 is 1.07 bits per heavy atom. The first kappa shape index (κ1) is 46.0. The van der Waals surface area contributed by atoms with Crippen molar-refractivity contribution in [2.75, 3.05) is 33.0 Å². The lowest BCUT2D eigenvalue weighted by molar-refractivity contribution is -0.391. The zero-order chi connectivity index (χ0) is 41.3. The smallest absolute Gasteiger partial charge is 0.187 e. The molecule has 5 fully saturated rings. The van der Waals surface area contributed by atoms with E-state index in [1.54, 1.807) is 0 Å². The molecule has 0 spiro atoms. The molecule has 0 bridgehead atoms. The number of ether oxygens (including phenoxy) is 9. The molecule has 5 rings (SSSR count). The van der Waals surface area contributed by atoms with E-state index in [1.165, 1.54) is 0 Å². The van der Waals surface area contributed by atoms with Crippen molar-refractivity contribution < 1.29 is 129 Å². The molecule has 0 aromatic carbocycles. The highest BCUT2D eigenvalue weighted by Gasteiger charge is 2.55. The average Bonchev–Trinajstić information content (AvgIpc) is 3.19. The second-order valence-corrected chi connectivity index (χ2v) is 14.0. The van der Waals surface area contributed by atoms with Crippen LogP contribution in [0.1, 0.15) is 0 Å². The minimum atomic E-state index is -2.17. The molecule has 17 N–H and O–H groups in total. The number of aliphatic hydroxyl groups excluding tert-OH is 17. The number of hydrogen-bond acceptors (Lipinski definition) is 26. The third-order valence-electron chi connectivity index (χ3n) is 10.3. The van der Waals surface area contributed by atoms with Gasteiger partial charge in [-0.05, 0) is 0 Å². The molecule has 0 aromatic heterocycles. The molecule has 5 aliphatic rings. The van der Waals surface area contributed by atoms with E-state index in [1.807, 2.05) is 0 Å². The van der Waals surface area contributed by atoms with Crippen LogP contribution >= 0.6 is 0 Å². The van der Waals surface area contributed by atoms with Gasteiger partial charge in [0, 0.05) is 0 Å². The molecule has 56 heavy (non-hydrogen) atoms. The van der Waals surface area contributed by atoms with Crippen molar-refractivity contribution in [3.05, 3.63) is 0 Å². The summed E-state index contributed by atoms with van der Waals surface area (Å²) in [5.41, 5.74) is 0. The van der Waals surface area contributed by atoms with Gasteiger partial charge in [-0.3, -0.25) is 0 Å². The monoisotopic (exact) mass is 828 g/mol. The molecule has 26 heteroatoms. The summed E-state index contributed by atoms with van der Waals surface area (Å²) in [6.45, 7) is -4.37. The standard InChI is InChI=1S/C30H52O26/c31-1-6-11(35)13(37)19(43)27(50-6)48-5-10-25(56-28-20(44)14(38)12(36)7(2-32)51-28)17(41)22(46)30(53-10)55-24-9(4-34)52-29(21(45)16(24)40)54-23-8(3-33)49-26(47)18(42)15(23)39/h6-47H,1-5H2/t6-,7-,8-,9-,10-,11+,12-,13+,14+,15-,16-,17-,18+,19-,20+,21+,22+,23-,24-,25-,26-,27+,28+,29+,30+/m1/s1. The van der Waals surface area contributed by atoms with Gasteiger partial charge in [0.1, 0.15) is 122 Å². The van der Waals surface area contributed by atoms with Crippen LogP contribution in [-0.2, 0) is 42.6 Å². The minimum Gasteiger partial charge on any atom is -0.394 e. The fourth-order valence-corrected chi connectivity index (χ4v) is 6.93. The van der Waals surface area contributed by atoms with E-state index in [-0.39, 0.29) is 0 Å². The summed E-state index contributed by atoms with van der Waals surface area (Å²) >= 11 is 0. The maximum Gasteiger partial charge on any atom is 0.187 e. The summed E-state index contributed by atoms with van der Waals surface area (Å²) < 4.78 is 49.5. The Kier molecular flexibility index (Phi) is 16.1. The summed E-state index contributed by atoms with van der Waals surface area (Å²) in [6, 6.07) is 0. The maximum absolute atomic E-state index is 11.3. The van der Waals surface area contributed by atoms with E-state index in [9.17, 15) is 86.8 Å². The van der Waals surface area contributed by atoms with Crippen LogP contribution in [0.2, 0.25) is 0 Å². The summed E-state index contributed by atoms with van der Waals surface area (Å²) in [6.07, 6.45) is -46.3. The van der Waals surface area contributed by atoms with Crippen LogP contribution < -0.4 is 0 Å². The van der Waals surface area contributed by atoms with Gasteiger partial charge in [0.25, 0.3) is 0 Å². The molecular weight excluding hydrogens is 776 g/mol. The number of aliphatic hydroxyl groups is 17. The highest BCUT2D eigenvalue weighted by atomic mass is 16.8. The molecule has 328 valence electrons. The lowest BCUT2D eigenvalue weighted by atomic mass is 9.95. The first-order valence-electron chi connectivity index (χ1n) is 17.6. The van der Waals surface area contributed by atoms with Crippen LogP contribution in [0, 0.1) is 0 Å². The van der Waals surface area contributed by atoms with Crippen molar-refractivity contribution in [3.63, 3.8) is 0 Å². The van der Waals surface area contributed by atoms with Gasteiger partial charge in [0.2, 0.25) is 0 Å². The van der Waals surface area contributed by atoms with Crippen LogP contribution in [0.5, 0.6) is 0 Å². The van der Waals surface area contributed by atoms with Crippen LogP contribution in [0.25, 0.3) is 0 Å². The van der Waals surface area contributed by atoms with Gasteiger partial charge in [-0.2, -0.15) is 0 Å². The third kappa shape index (κ3) is 9.31. The van der Waals surface area contributed by atoms with Crippen molar-refractivity contribution in [1.82, 2.24) is 0 Å². The molecule has 0 unspecified atom stereocenters. The van der Waals surface area contributed by atoms with Crippen molar-refractivity contribution in [2.24, 2.45) is 0 Å². The zero-order valence-corrected chi connectivity index (χ0v) is 29.2. The van der Waals surface area contributed by atoms with Crippen molar-refractivity contribution in [3.8, 4) is 0 Å². The molecule has 0 aromatic rings. The van der Waals surface area contributed by atoms with Gasteiger partial charge in [-0.15, -0.1) is 0 Å². The molecule has 25 atom stereocenters. The predicted molar refractivity (Wildman–Crippen MR) is 167 cm³/mol. The van der Waals surface area contributed by atoms with Crippen LogP contribution in [0.15, 0.2) is 0 Å². The maximum atomic E-state index is 11.3. The summed E-state index contributed by atoms with van der Waals surface area (Å²) in [5.74, 6) is 0. The van der Waals surface area contributed by atoms with E-state index in [4.69, 9.17) is 42.6 Å². The predicted octanol–water partition coefficient (Wildman–Crippen LogP) is -11.9. The lowest BCUT2D eigenvalue weighted by Crippen LogP contribution is -2.67. The van der Waals surface area contributed by atoms with Gasteiger partial charge >= 0.3 is 0 Å². The molecule has 5 heterocycles. The Morgan fingerprint density at radius 1 is 0.304 bits per heavy atom. The van der Waals surface area contributed by atoms with E-state index in [2.05, 4.69) is 0 Å². The molecule has 0 radical (unpaired) electrons. The first-order chi connectivity index (χ1) is 26.5. The van der Waals surface area contributed by atoms with Crippen molar-refractivity contribution in [2.45, 2.75) is 154 Å². The fourth-order valence-electron chi connectivity index (χ4n) is 6.93. The second-order valence-electron chi connectivity index (χ2n) is 14.0. The third-order valence-corrected chi connectivity index (χ3v) is 10.3. The van der Waals surface area contributed by atoms with Gasteiger partial charge in [-0.1, -0.05) is 0 Å². The van der Waals surface area contributed by atoms with Gasteiger partial charge in [0.05, 0.1) is 33.0 Å². The topological polar surface area (TPSA) is 427 Å². The van der Waals surface area contributed by atoms with Crippen molar-refractivity contribution in [1.29, 1.82) is 0 Å². The molecule has 0 saturated carbocycles. The quantitative estimate of drug-likeness (QED) is 0.0819. The summed E-state index contributed by atoms with van der Waals surface area (Å²) in [4.78, 5) is 0. The molecular formula is C30H52O26. The van der Waals surface area contributed by atoms with Crippen LogP contribution in [0.4, 0.5) is 0 Å². The van der Waals surface area contributed by atoms with Crippen molar-refractivity contribution >= 4 is 0 Å². The number of hydrogen-bond donors (Lipinski definition) is 17. The number of rotatable bonds is 13. The van der Waals surface area contributed by atoms with Crippen LogP contribution in [-0.4, -0.2) is 273 Å². The largest absolute Gasteiger partial charge is 0.394 e. The molecule has 5 saturated heterocycles. The molecule has 0 amide bonds. The molecule has 26 nitrogen and oxygen atoms in total. The highest BCUT2D eigenvalue weighted by Crippen LogP contribution is 2.35. The second kappa shape index (κ2) is 19.6. The zero-order valence-electron chi connectivity index (χ0n) is 29.2. The minimum absolute atomic E-state index is 0.827. The Bertz CT molecular complexity index is 1200. The Morgan fingerprint density at radius 2 is 0.625 bits per heavy atom. The van der Waals surface area contributed by atoms with Gasteiger partial charge in [0.15, 0.2) is 31.5 Å². The average molecular weight is 829 g/mol. The Labute approximate surface area is 316 Å². The molecule has 5 aliphatic heterocycles. The summed E-state index contributed by atoms with van der Waals surface area (Å²) in [7, 11) is 0. The van der Waals surface area contributed by atoms with E-state index in [0.717, 1.165) is 0 Å². The SMILES string of the molecule is OC[C@H]1O[C@H](OC[C@H]2O[C@@H](O[C@H]3[C@H](O)[C@H](O)[C@H](O[C@H]4[C@H](O)[C@H](O)[C@H](O)O[C@@H]4CO)O[C@@H]3CO)[C@@H](O)[C@@H](O)[C@@H]2O[C@@H]2O[C@H](CO)[C@@H](O)[C@H](O)[C@@H]2O)[C@H](O)[C@@H](O)[C@H]1O.